The van der Waals surface area contributed by atoms with Gasteiger partial charge in [0, 0.05) is 20.2 Å². The fraction of sp³-hybridized carbons (Fsp3) is 0.571. The first-order valence-corrected chi connectivity index (χ1v) is 5.97. The van der Waals surface area contributed by atoms with E-state index in [1.54, 1.807) is 7.11 Å². The Hall–Kier alpha value is -0.900. The largest absolute Gasteiger partial charge is 0.387 e. The van der Waals surface area contributed by atoms with Crippen molar-refractivity contribution in [2.24, 2.45) is 0 Å². The Kier molecular flexibility index (Phi) is 5.62. The van der Waals surface area contributed by atoms with Crippen LogP contribution < -0.4 is 0 Å². The molecule has 0 amide bonds. The Morgan fingerprint density at radius 3 is 2.59 bits per heavy atom. The third kappa shape index (κ3) is 4.46. The molecule has 0 aromatic heterocycles. The van der Waals surface area contributed by atoms with Gasteiger partial charge >= 0.3 is 0 Å². The maximum absolute atomic E-state index is 10.1. The number of aliphatic hydroxyl groups excluding tert-OH is 1. The molecule has 0 aliphatic carbocycles. The number of aryl methyl sites for hydroxylation is 2. The van der Waals surface area contributed by atoms with E-state index >= 15 is 0 Å². The zero-order valence-corrected chi connectivity index (χ0v) is 11.2. The molecule has 1 unspecified atom stereocenters. The Bertz CT molecular complexity index is 352. The number of hydrogen-bond donors (Lipinski definition) is 1. The van der Waals surface area contributed by atoms with Crippen molar-refractivity contribution in [3.8, 4) is 0 Å². The average Bonchev–Trinajstić information content (AvgIpc) is 2.30. The predicted molar refractivity (Wildman–Crippen MR) is 70.2 cm³/mol. The summed E-state index contributed by atoms with van der Waals surface area (Å²) in [5, 5.41) is 10.1. The summed E-state index contributed by atoms with van der Waals surface area (Å²) in [5.74, 6) is 0. The minimum atomic E-state index is -0.434. The van der Waals surface area contributed by atoms with Gasteiger partial charge in [0.2, 0.25) is 0 Å². The van der Waals surface area contributed by atoms with Crippen LogP contribution in [0, 0.1) is 13.8 Å². The van der Waals surface area contributed by atoms with E-state index in [9.17, 15) is 5.11 Å². The number of benzene rings is 1. The molecule has 1 atom stereocenters. The van der Waals surface area contributed by atoms with Crippen molar-refractivity contribution in [2.75, 3.05) is 33.9 Å². The summed E-state index contributed by atoms with van der Waals surface area (Å²) in [6.07, 6.45) is -0.434. The van der Waals surface area contributed by atoms with Crippen LogP contribution >= 0.6 is 0 Å². The fourth-order valence-corrected chi connectivity index (χ4v) is 1.71. The second kappa shape index (κ2) is 6.74. The lowest BCUT2D eigenvalue weighted by Gasteiger charge is -2.20. The van der Waals surface area contributed by atoms with Crippen molar-refractivity contribution in [3.63, 3.8) is 0 Å². The first kappa shape index (κ1) is 14.2. The van der Waals surface area contributed by atoms with Crippen LogP contribution in [-0.4, -0.2) is 43.9 Å². The quantitative estimate of drug-likeness (QED) is 0.820. The molecule has 1 aromatic carbocycles. The summed E-state index contributed by atoms with van der Waals surface area (Å²) in [6.45, 7) is 6.30. The molecule has 0 bridgehead atoms. The molecule has 1 aromatic rings. The normalized spacial score (nSPS) is 13.1. The average molecular weight is 237 g/mol. The van der Waals surface area contributed by atoms with Gasteiger partial charge in [0.05, 0.1) is 12.7 Å². The van der Waals surface area contributed by atoms with E-state index in [0.717, 1.165) is 12.1 Å². The van der Waals surface area contributed by atoms with E-state index in [2.05, 4.69) is 30.9 Å². The van der Waals surface area contributed by atoms with Crippen LogP contribution in [0.1, 0.15) is 22.8 Å². The Labute approximate surface area is 104 Å². The molecule has 0 saturated carbocycles. The SMILES string of the molecule is COCCN(C)CC(O)c1ccc(C)c(C)c1. The number of likely N-dealkylation sites (N-methyl/N-ethyl adjacent to an activating group) is 1. The van der Waals surface area contributed by atoms with Crippen LogP contribution in [0.3, 0.4) is 0 Å². The number of methoxy groups -OCH3 is 1. The number of ether oxygens (including phenoxy) is 1. The van der Waals surface area contributed by atoms with Crippen LogP contribution in [0.2, 0.25) is 0 Å². The highest BCUT2D eigenvalue weighted by Crippen LogP contribution is 2.17. The highest BCUT2D eigenvalue weighted by atomic mass is 16.5. The van der Waals surface area contributed by atoms with Crippen LogP contribution in [-0.2, 0) is 4.74 Å². The molecule has 0 heterocycles. The van der Waals surface area contributed by atoms with Crippen molar-refractivity contribution in [3.05, 3.63) is 34.9 Å². The molecule has 0 aliphatic rings. The topological polar surface area (TPSA) is 32.7 Å². The van der Waals surface area contributed by atoms with Gasteiger partial charge in [0.1, 0.15) is 0 Å². The molecule has 0 aliphatic heterocycles. The molecule has 3 heteroatoms. The standard InChI is InChI=1S/C14H23NO2/c1-11-5-6-13(9-12(11)2)14(16)10-15(3)7-8-17-4/h5-6,9,14,16H,7-8,10H2,1-4H3. The molecular weight excluding hydrogens is 214 g/mol. The smallest absolute Gasteiger partial charge is 0.0916 e. The minimum absolute atomic E-state index is 0.434. The molecule has 1 rings (SSSR count). The van der Waals surface area contributed by atoms with Gasteiger partial charge in [0.15, 0.2) is 0 Å². The molecule has 0 saturated heterocycles. The number of aliphatic hydroxyl groups is 1. The highest BCUT2D eigenvalue weighted by Gasteiger charge is 2.11. The summed E-state index contributed by atoms with van der Waals surface area (Å²) in [5.41, 5.74) is 3.46. The second-order valence-electron chi connectivity index (χ2n) is 4.61. The Morgan fingerprint density at radius 1 is 1.29 bits per heavy atom. The summed E-state index contributed by atoms with van der Waals surface area (Å²) in [4.78, 5) is 2.07. The lowest BCUT2D eigenvalue weighted by molar-refractivity contribution is 0.103. The van der Waals surface area contributed by atoms with Gasteiger partial charge in [-0.1, -0.05) is 18.2 Å². The first-order chi connectivity index (χ1) is 8.04. The molecule has 96 valence electrons. The van der Waals surface area contributed by atoms with Gasteiger partial charge in [-0.05, 0) is 37.6 Å². The van der Waals surface area contributed by atoms with E-state index in [1.165, 1.54) is 11.1 Å². The lowest BCUT2D eigenvalue weighted by Crippen LogP contribution is -2.27. The third-order valence-electron chi connectivity index (χ3n) is 3.08. The van der Waals surface area contributed by atoms with Crippen LogP contribution in [0.15, 0.2) is 18.2 Å². The highest BCUT2D eigenvalue weighted by molar-refractivity contribution is 5.31. The summed E-state index contributed by atoms with van der Waals surface area (Å²) >= 11 is 0. The van der Waals surface area contributed by atoms with Crippen LogP contribution in [0.25, 0.3) is 0 Å². The second-order valence-corrected chi connectivity index (χ2v) is 4.61. The van der Waals surface area contributed by atoms with E-state index in [1.807, 2.05) is 13.1 Å². The van der Waals surface area contributed by atoms with Crippen molar-refractivity contribution in [1.82, 2.24) is 4.90 Å². The zero-order chi connectivity index (χ0) is 12.8. The van der Waals surface area contributed by atoms with Gasteiger partial charge in [-0.15, -0.1) is 0 Å². The molecule has 1 N–H and O–H groups in total. The molecule has 0 radical (unpaired) electrons. The van der Waals surface area contributed by atoms with Gasteiger partial charge in [0.25, 0.3) is 0 Å². The minimum Gasteiger partial charge on any atom is -0.387 e. The van der Waals surface area contributed by atoms with Gasteiger partial charge in [-0.2, -0.15) is 0 Å². The van der Waals surface area contributed by atoms with Crippen molar-refractivity contribution < 1.29 is 9.84 Å². The molecule has 3 nitrogen and oxygen atoms in total. The predicted octanol–water partition coefficient (Wildman–Crippen LogP) is 1.92. The number of nitrogens with zero attached hydrogens (tertiary/aromatic N) is 1. The summed E-state index contributed by atoms with van der Waals surface area (Å²) < 4.78 is 5.01. The van der Waals surface area contributed by atoms with Crippen molar-refractivity contribution in [2.45, 2.75) is 20.0 Å². The molecule has 0 spiro atoms. The van der Waals surface area contributed by atoms with Crippen molar-refractivity contribution in [1.29, 1.82) is 0 Å². The maximum Gasteiger partial charge on any atom is 0.0916 e. The molecule has 0 fully saturated rings. The lowest BCUT2D eigenvalue weighted by atomic mass is 10.0. The number of rotatable bonds is 6. The zero-order valence-electron chi connectivity index (χ0n) is 11.2. The maximum atomic E-state index is 10.1. The van der Waals surface area contributed by atoms with E-state index in [0.29, 0.717) is 13.2 Å². The first-order valence-electron chi connectivity index (χ1n) is 5.97. The van der Waals surface area contributed by atoms with Gasteiger partial charge in [-0.25, -0.2) is 0 Å². The third-order valence-corrected chi connectivity index (χ3v) is 3.08. The van der Waals surface area contributed by atoms with Gasteiger partial charge < -0.3 is 14.7 Å². The fourth-order valence-electron chi connectivity index (χ4n) is 1.71. The van der Waals surface area contributed by atoms with E-state index in [-0.39, 0.29) is 0 Å². The monoisotopic (exact) mass is 237 g/mol. The van der Waals surface area contributed by atoms with Gasteiger partial charge in [-0.3, -0.25) is 0 Å². The van der Waals surface area contributed by atoms with Crippen LogP contribution in [0.4, 0.5) is 0 Å². The van der Waals surface area contributed by atoms with Crippen LogP contribution in [0.5, 0.6) is 0 Å². The Balaban J connectivity index is 2.57. The molecular formula is C14H23NO2. The molecule has 17 heavy (non-hydrogen) atoms. The number of hydrogen-bond acceptors (Lipinski definition) is 3. The van der Waals surface area contributed by atoms with E-state index < -0.39 is 6.10 Å². The summed E-state index contributed by atoms with van der Waals surface area (Å²) in [7, 11) is 3.68. The van der Waals surface area contributed by atoms with E-state index in [4.69, 9.17) is 4.74 Å². The Morgan fingerprint density at radius 2 is 2.00 bits per heavy atom. The summed E-state index contributed by atoms with van der Waals surface area (Å²) in [6, 6.07) is 6.12. The van der Waals surface area contributed by atoms with Crippen molar-refractivity contribution >= 4 is 0 Å².